The Balaban J connectivity index is 2.06. The Kier molecular flexibility index (Phi) is 5.22. The maximum atomic E-state index is 14.4. The monoisotopic (exact) mass is 294 g/mol. The number of anilines is 1. The summed E-state index contributed by atoms with van der Waals surface area (Å²) in [4.78, 5) is 2.03. The van der Waals surface area contributed by atoms with Crippen LogP contribution in [0.3, 0.4) is 0 Å². The Morgan fingerprint density at radius 1 is 1.38 bits per heavy atom. The van der Waals surface area contributed by atoms with E-state index in [2.05, 4.69) is 19.2 Å². The third-order valence-electron chi connectivity index (χ3n) is 4.35. The predicted molar refractivity (Wildman–Crippen MR) is 85.2 cm³/mol. The summed E-state index contributed by atoms with van der Waals surface area (Å²) in [6.07, 6.45) is 2.43. The van der Waals surface area contributed by atoms with E-state index in [-0.39, 0.29) is 11.9 Å². The lowest BCUT2D eigenvalue weighted by atomic mass is 9.93. The van der Waals surface area contributed by atoms with Crippen LogP contribution in [0.2, 0.25) is 0 Å². The Labute approximate surface area is 127 Å². The average Bonchev–Trinajstić information content (AvgIpc) is 2.45. The van der Waals surface area contributed by atoms with Gasteiger partial charge in [0.1, 0.15) is 5.82 Å². The molecule has 0 bridgehead atoms. The fraction of sp³-hybridized carbons (Fsp3) is 0.647. The van der Waals surface area contributed by atoms with Gasteiger partial charge >= 0.3 is 0 Å². The molecule has 0 saturated carbocycles. The average molecular weight is 294 g/mol. The van der Waals surface area contributed by atoms with E-state index >= 15 is 0 Å². The van der Waals surface area contributed by atoms with Crippen LogP contribution in [0.5, 0.6) is 0 Å². The van der Waals surface area contributed by atoms with Crippen LogP contribution in [0, 0.1) is 5.82 Å². The molecule has 1 fully saturated rings. The van der Waals surface area contributed by atoms with Crippen LogP contribution in [0.4, 0.5) is 10.1 Å². The zero-order valence-corrected chi connectivity index (χ0v) is 13.3. The summed E-state index contributed by atoms with van der Waals surface area (Å²) in [6, 6.07) is 5.67. The van der Waals surface area contributed by atoms with Gasteiger partial charge in [-0.15, -0.1) is 0 Å². The molecule has 1 unspecified atom stereocenters. The lowest BCUT2D eigenvalue weighted by molar-refractivity contribution is 0.0350. The van der Waals surface area contributed by atoms with Gasteiger partial charge in [-0.25, -0.2) is 4.39 Å². The minimum absolute atomic E-state index is 0.163. The zero-order valence-electron chi connectivity index (χ0n) is 13.3. The summed E-state index contributed by atoms with van der Waals surface area (Å²) in [5.74, 6) is -0.167. The number of benzene rings is 1. The zero-order chi connectivity index (χ0) is 15.5. The molecule has 1 saturated heterocycles. The van der Waals surface area contributed by atoms with Crippen molar-refractivity contribution in [2.24, 2.45) is 0 Å². The second-order valence-corrected chi connectivity index (χ2v) is 6.37. The van der Waals surface area contributed by atoms with Gasteiger partial charge in [0.2, 0.25) is 0 Å². The van der Waals surface area contributed by atoms with E-state index in [9.17, 15) is 9.50 Å². The van der Waals surface area contributed by atoms with E-state index in [1.165, 1.54) is 0 Å². The molecule has 2 N–H and O–H groups in total. The highest BCUT2D eigenvalue weighted by atomic mass is 19.1. The van der Waals surface area contributed by atoms with Crippen LogP contribution in [-0.2, 0) is 0 Å². The van der Waals surface area contributed by atoms with Gasteiger partial charge in [-0.05, 0) is 57.4 Å². The van der Waals surface area contributed by atoms with Gasteiger partial charge in [0, 0.05) is 19.1 Å². The van der Waals surface area contributed by atoms with Crippen LogP contribution in [-0.4, -0.2) is 30.3 Å². The van der Waals surface area contributed by atoms with E-state index in [4.69, 9.17) is 0 Å². The molecule has 21 heavy (non-hydrogen) atoms. The number of nitrogens with zero attached hydrogens (tertiary/aromatic N) is 1. The van der Waals surface area contributed by atoms with Gasteiger partial charge in [0.05, 0.1) is 11.3 Å². The van der Waals surface area contributed by atoms with E-state index in [0.29, 0.717) is 31.6 Å². The standard InChI is InChI=1S/C17H27FN2O/c1-4-9-19-13(2)14-5-6-16(15(18)12-14)20-10-7-17(3,21)8-11-20/h5-6,12-13,19,21H,4,7-11H2,1-3H3. The molecule has 118 valence electrons. The summed E-state index contributed by atoms with van der Waals surface area (Å²) < 4.78 is 14.4. The second-order valence-electron chi connectivity index (χ2n) is 6.37. The molecule has 1 aromatic carbocycles. The summed E-state index contributed by atoms with van der Waals surface area (Å²) in [5.41, 5.74) is 1.02. The van der Waals surface area contributed by atoms with Crippen molar-refractivity contribution in [1.82, 2.24) is 5.32 Å². The van der Waals surface area contributed by atoms with Crippen molar-refractivity contribution in [2.45, 2.75) is 51.7 Å². The van der Waals surface area contributed by atoms with Gasteiger partial charge in [-0.3, -0.25) is 0 Å². The molecular formula is C17H27FN2O. The molecule has 1 aliphatic heterocycles. The number of piperidine rings is 1. The molecule has 0 amide bonds. The molecule has 1 heterocycles. The van der Waals surface area contributed by atoms with E-state index in [1.54, 1.807) is 6.07 Å². The minimum Gasteiger partial charge on any atom is -0.390 e. The van der Waals surface area contributed by atoms with Crippen LogP contribution in [0.15, 0.2) is 18.2 Å². The first-order chi connectivity index (χ1) is 9.93. The predicted octanol–water partition coefficient (Wildman–Crippen LogP) is 3.24. The first-order valence-electron chi connectivity index (χ1n) is 7.93. The summed E-state index contributed by atoms with van der Waals surface area (Å²) in [5, 5.41) is 13.4. The molecule has 3 nitrogen and oxygen atoms in total. The number of aliphatic hydroxyl groups is 1. The topological polar surface area (TPSA) is 35.5 Å². The van der Waals surface area contributed by atoms with Crippen LogP contribution < -0.4 is 10.2 Å². The van der Waals surface area contributed by atoms with Gasteiger partial charge in [-0.2, -0.15) is 0 Å². The van der Waals surface area contributed by atoms with Gasteiger partial charge in [-0.1, -0.05) is 13.0 Å². The number of hydrogen-bond acceptors (Lipinski definition) is 3. The molecular weight excluding hydrogens is 267 g/mol. The molecule has 0 aromatic heterocycles. The Hall–Kier alpha value is -1.13. The molecule has 2 rings (SSSR count). The highest BCUT2D eigenvalue weighted by Gasteiger charge is 2.28. The smallest absolute Gasteiger partial charge is 0.146 e. The SMILES string of the molecule is CCCNC(C)c1ccc(N2CCC(C)(O)CC2)c(F)c1. The Morgan fingerprint density at radius 2 is 2.05 bits per heavy atom. The van der Waals surface area contributed by atoms with Crippen molar-refractivity contribution < 1.29 is 9.50 Å². The maximum Gasteiger partial charge on any atom is 0.146 e. The summed E-state index contributed by atoms with van der Waals surface area (Å²) in [7, 11) is 0. The second kappa shape index (κ2) is 6.75. The summed E-state index contributed by atoms with van der Waals surface area (Å²) in [6.45, 7) is 8.37. The van der Waals surface area contributed by atoms with Crippen molar-refractivity contribution in [3.05, 3.63) is 29.6 Å². The minimum atomic E-state index is -0.606. The molecule has 0 aliphatic carbocycles. The first kappa shape index (κ1) is 16.2. The largest absolute Gasteiger partial charge is 0.390 e. The van der Waals surface area contributed by atoms with Crippen molar-refractivity contribution in [2.75, 3.05) is 24.5 Å². The highest BCUT2D eigenvalue weighted by Crippen LogP contribution is 2.29. The van der Waals surface area contributed by atoms with Gasteiger partial charge in [0.25, 0.3) is 0 Å². The lowest BCUT2D eigenvalue weighted by Gasteiger charge is -2.37. The van der Waals surface area contributed by atoms with Gasteiger partial charge in [0.15, 0.2) is 0 Å². The van der Waals surface area contributed by atoms with E-state index < -0.39 is 5.60 Å². The van der Waals surface area contributed by atoms with Crippen molar-refractivity contribution in [3.8, 4) is 0 Å². The van der Waals surface area contributed by atoms with Crippen LogP contribution in [0.25, 0.3) is 0 Å². The van der Waals surface area contributed by atoms with Crippen LogP contribution in [0.1, 0.15) is 51.6 Å². The number of nitrogens with one attached hydrogen (secondary N) is 1. The molecule has 0 spiro atoms. The number of halogens is 1. The molecule has 1 aliphatic rings. The Bertz CT molecular complexity index is 466. The fourth-order valence-corrected chi connectivity index (χ4v) is 2.76. The van der Waals surface area contributed by atoms with E-state index in [0.717, 1.165) is 18.5 Å². The molecule has 0 radical (unpaired) electrons. The maximum absolute atomic E-state index is 14.4. The van der Waals surface area contributed by atoms with Crippen molar-refractivity contribution >= 4 is 5.69 Å². The summed E-state index contributed by atoms with van der Waals surface area (Å²) >= 11 is 0. The number of hydrogen-bond donors (Lipinski definition) is 2. The molecule has 1 atom stereocenters. The quantitative estimate of drug-likeness (QED) is 0.875. The third kappa shape index (κ3) is 4.17. The van der Waals surface area contributed by atoms with Crippen molar-refractivity contribution in [1.29, 1.82) is 0 Å². The van der Waals surface area contributed by atoms with Gasteiger partial charge < -0.3 is 15.3 Å². The fourth-order valence-electron chi connectivity index (χ4n) is 2.76. The molecule has 4 heteroatoms. The third-order valence-corrected chi connectivity index (χ3v) is 4.35. The highest BCUT2D eigenvalue weighted by molar-refractivity contribution is 5.50. The lowest BCUT2D eigenvalue weighted by Crippen LogP contribution is -2.42. The normalized spacial score (nSPS) is 19.6. The Morgan fingerprint density at radius 3 is 2.62 bits per heavy atom. The molecule has 1 aromatic rings. The van der Waals surface area contributed by atoms with Crippen LogP contribution >= 0.6 is 0 Å². The van der Waals surface area contributed by atoms with Crippen molar-refractivity contribution in [3.63, 3.8) is 0 Å². The van der Waals surface area contributed by atoms with E-state index in [1.807, 2.05) is 24.0 Å². The number of rotatable bonds is 5. The first-order valence-corrected chi connectivity index (χ1v) is 7.93.